The number of para-hydroxylation sites is 1. The van der Waals surface area contributed by atoms with Crippen molar-refractivity contribution in [2.45, 2.75) is 55.5 Å². The van der Waals surface area contributed by atoms with Gasteiger partial charge in [-0.1, -0.05) is 6.07 Å². The molecule has 2 saturated heterocycles. The molecule has 3 amide bonds. The first-order valence-electron chi connectivity index (χ1n) is 12.0. The van der Waals surface area contributed by atoms with E-state index in [1.807, 2.05) is 0 Å². The predicted octanol–water partition coefficient (Wildman–Crippen LogP) is 0.0410. The van der Waals surface area contributed by atoms with Crippen LogP contribution in [0.15, 0.2) is 23.1 Å². The Morgan fingerprint density at radius 3 is 2.51 bits per heavy atom. The van der Waals surface area contributed by atoms with Gasteiger partial charge < -0.3 is 20.3 Å². The van der Waals surface area contributed by atoms with Crippen LogP contribution >= 0.6 is 0 Å². The number of methoxy groups -OCH3 is 1. The van der Waals surface area contributed by atoms with Crippen LogP contribution in [0.2, 0.25) is 0 Å². The second kappa shape index (κ2) is 10.5. The quantitative estimate of drug-likeness (QED) is 0.473. The van der Waals surface area contributed by atoms with Crippen molar-refractivity contribution in [2.75, 3.05) is 44.7 Å². The zero-order valence-electron chi connectivity index (χ0n) is 19.9. The summed E-state index contributed by atoms with van der Waals surface area (Å²) in [6, 6.07) is 3.22. The molecule has 3 fully saturated rings. The SMILES string of the molecule is COc1c(N2CCCCC2=O)cccc1S(=O)(=O)N[C@@H](C(N)=O)C(=O)N1CCCN(C2CC2)CC1. The topological polar surface area (TPSA) is 142 Å². The van der Waals surface area contributed by atoms with Gasteiger partial charge in [-0.3, -0.25) is 19.3 Å². The largest absolute Gasteiger partial charge is 0.493 e. The molecule has 1 aliphatic carbocycles. The second-order valence-corrected chi connectivity index (χ2v) is 10.9. The summed E-state index contributed by atoms with van der Waals surface area (Å²) in [5, 5.41) is 0. The van der Waals surface area contributed by atoms with Gasteiger partial charge in [0.1, 0.15) is 4.90 Å². The van der Waals surface area contributed by atoms with Crippen LogP contribution in [0.25, 0.3) is 0 Å². The summed E-state index contributed by atoms with van der Waals surface area (Å²) in [6.45, 7) is 2.80. The Hall–Kier alpha value is -2.70. The first-order chi connectivity index (χ1) is 16.7. The maximum absolute atomic E-state index is 13.4. The number of ether oxygens (including phenoxy) is 1. The molecular formula is C23H33N5O6S. The molecule has 35 heavy (non-hydrogen) atoms. The van der Waals surface area contributed by atoms with Crippen molar-refractivity contribution in [3.05, 3.63) is 18.2 Å². The Morgan fingerprint density at radius 1 is 1.09 bits per heavy atom. The Bertz CT molecular complexity index is 1090. The van der Waals surface area contributed by atoms with Gasteiger partial charge in [-0.2, -0.15) is 4.72 Å². The highest BCUT2D eigenvalue weighted by atomic mass is 32.2. The normalized spacial score (nSPS) is 20.9. The molecule has 1 aromatic rings. The fourth-order valence-electron chi connectivity index (χ4n) is 4.79. The summed E-state index contributed by atoms with van der Waals surface area (Å²) in [6.07, 6.45) is 4.97. The van der Waals surface area contributed by atoms with Gasteiger partial charge >= 0.3 is 0 Å². The monoisotopic (exact) mass is 507 g/mol. The number of amides is 3. The van der Waals surface area contributed by atoms with E-state index < -0.39 is 27.9 Å². The Kier molecular flexibility index (Phi) is 7.62. The number of hydrogen-bond acceptors (Lipinski definition) is 7. The number of nitrogens with one attached hydrogen (secondary N) is 1. The summed E-state index contributed by atoms with van der Waals surface area (Å²) in [5.41, 5.74) is 5.81. The number of anilines is 1. The van der Waals surface area contributed by atoms with Crippen molar-refractivity contribution in [3.8, 4) is 5.75 Å². The number of primary amides is 1. The number of carbonyl (C=O) groups excluding carboxylic acids is 3. The van der Waals surface area contributed by atoms with Crippen LogP contribution in [0.5, 0.6) is 5.75 Å². The fraction of sp³-hybridized carbons (Fsp3) is 0.609. The Labute approximate surface area is 205 Å². The van der Waals surface area contributed by atoms with E-state index in [4.69, 9.17) is 10.5 Å². The molecule has 1 atom stereocenters. The van der Waals surface area contributed by atoms with Gasteiger partial charge in [0.15, 0.2) is 11.8 Å². The third-order valence-corrected chi connectivity index (χ3v) is 8.22. The van der Waals surface area contributed by atoms with E-state index in [0.29, 0.717) is 44.3 Å². The molecule has 192 valence electrons. The minimum Gasteiger partial charge on any atom is -0.493 e. The number of carbonyl (C=O) groups is 3. The van der Waals surface area contributed by atoms with Gasteiger partial charge in [0.05, 0.1) is 12.8 Å². The van der Waals surface area contributed by atoms with E-state index in [1.165, 1.54) is 29.0 Å². The van der Waals surface area contributed by atoms with Gasteiger partial charge in [0, 0.05) is 45.2 Å². The van der Waals surface area contributed by atoms with E-state index in [0.717, 1.165) is 38.6 Å². The van der Waals surface area contributed by atoms with Crippen molar-refractivity contribution in [3.63, 3.8) is 0 Å². The fourth-order valence-corrected chi connectivity index (χ4v) is 6.13. The highest BCUT2D eigenvalue weighted by Gasteiger charge is 2.37. The van der Waals surface area contributed by atoms with Gasteiger partial charge in [0.25, 0.3) is 0 Å². The Balaban J connectivity index is 1.56. The molecule has 2 aliphatic heterocycles. The van der Waals surface area contributed by atoms with E-state index >= 15 is 0 Å². The lowest BCUT2D eigenvalue weighted by Gasteiger charge is -2.29. The molecule has 3 N–H and O–H groups in total. The third-order valence-electron chi connectivity index (χ3n) is 6.78. The number of hydrogen-bond donors (Lipinski definition) is 2. The highest BCUT2D eigenvalue weighted by Crippen LogP contribution is 2.36. The number of benzene rings is 1. The van der Waals surface area contributed by atoms with E-state index in [-0.39, 0.29) is 16.6 Å². The highest BCUT2D eigenvalue weighted by molar-refractivity contribution is 7.89. The summed E-state index contributed by atoms with van der Waals surface area (Å²) < 4.78 is 34.3. The minimum absolute atomic E-state index is 0.0271. The number of nitrogens with two attached hydrogens (primary N) is 1. The molecule has 1 saturated carbocycles. The summed E-state index contributed by atoms with van der Waals surface area (Å²) in [4.78, 5) is 42.9. The van der Waals surface area contributed by atoms with Gasteiger partial charge in [0.2, 0.25) is 27.7 Å². The molecule has 0 unspecified atom stereocenters. The summed E-state index contributed by atoms with van der Waals surface area (Å²) in [5.74, 6) is -1.90. The molecule has 4 rings (SSSR count). The lowest BCUT2D eigenvalue weighted by molar-refractivity contribution is -0.137. The van der Waals surface area contributed by atoms with E-state index in [9.17, 15) is 22.8 Å². The van der Waals surface area contributed by atoms with Crippen LogP contribution in [-0.4, -0.2) is 87.9 Å². The molecule has 11 nitrogen and oxygen atoms in total. The summed E-state index contributed by atoms with van der Waals surface area (Å²) >= 11 is 0. The van der Waals surface area contributed by atoms with Crippen LogP contribution in [0.1, 0.15) is 38.5 Å². The summed E-state index contributed by atoms with van der Waals surface area (Å²) in [7, 11) is -3.09. The molecule has 0 spiro atoms. The smallest absolute Gasteiger partial charge is 0.250 e. The zero-order valence-corrected chi connectivity index (χ0v) is 20.8. The second-order valence-electron chi connectivity index (χ2n) is 9.21. The number of nitrogens with zero attached hydrogens (tertiary/aromatic N) is 3. The van der Waals surface area contributed by atoms with Crippen molar-refractivity contribution < 1.29 is 27.5 Å². The maximum atomic E-state index is 13.4. The van der Waals surface area contributed by atoms with Crippen LogP contribution in [0, 0.1) is 0 Å². The third kappa shape index (κ3) is 5.60. The first kappa shape index (κ1) is 25.4. The van der Waals surface area contributed by atoms with E-state index in [2.05, 4.69) is 9.62 Å². The van der Waals surface area contributed by atoms with E-state index in [1.54, 1.807) is 6.07 Å². The van der Waals surface area contributed by atoms with Gasteiger partial charge in [-0.15, -0.1) is 0 Å². The van der Waals surface area contributed by atoms with Crippen molar-refractivity contribution in [2.24, 2.45) is 5.73 Å². The zero-order chi connectivity index (χ0) is 25.2. The number of sulfonamides is 1. The average molecular weight is 508 g/mol. The first-order valence-corrected chi connectivity index (χ1v) is 13.5. The van der Waals surface area contributed by atoms with Crippen molar-refractivity contribution >= 4 is 33.4 Å². The minimum atomic E-state index is -4.40. The van der Waals surface area contributed by atoms with Crippen LogP contribution in [0.4, 0.5) is 5.69 Å². The molecule has 2 heterocycles. The van der Waals surface area contributed by atoms with Crippen molar-refractivity contribution in [1.29, 1.82) is 0 Å². The van der Waals surface area contributed by atoms with Crippen LogP contribution < -0.4 is 20.1 Å². The molecule has 12 heteroatoms. The van der Waals surface area contributed by atoms with Crippen LogP contribution in [0.3, 0.4) is 0 Å². The molecule has 1 aromatic carbocycles. The standard InChI is InChI=1S/C23H33N5O6S/c1-34-21-17(28-13-3-2-8-19(28)29)6-4-7-18(21)35(32,33)25-20(22(24)30)23(31)27-12-5-11-26(14-15-27)16-9-10-16/h4,6-7,16,20,25H,2-3,5,8-15H2,1H3,(H2,24,30)/t20-/m0/s1. The average Bonchev–Trinajstić information content (AvgIpc) is 3.68. The number of rotatable bonds is 8. The van der Waals surface area contributed by atoms with Crippen LogP contribution in [-0.2, 0) is 24.4 Å². The molecule has 0 radical (unpaired) electrons. The molecule has 3 aliphatic rings. The molecular weight excluding hydrogens is 474 g/mol. The number of piperidine rings is 1. The van der Waals surface area contributed by atoms with Crippen molar-refractivity contribution in [1.82, 2.24) is 14.5 Å². The maximum Gasteiger partial charge on any atom is 0.250 e. The predicted molar refractivity (Wildman–Crippen MR) is 128 cm³/mol. The lowest BCUT2D eigenvalue weighted by atomic mass is 10.1. The lowest BCUT2D eigenvalue weighted by Crippen LogP contribution is -2.55. The molecule has 0 bridgehead atoms. The molecule has 0 aromatic heterocycles. The van der Waals surface area contributed by atoms with Gasteiger partial charge in [-0.25, -0.2) is 8.42 Å². The Morgan fingerprint density at radius 2 is 1.86 bits per heavy atom. The van der Waals surface area contributed by atoms with Gasteiger partial charge in [-0.05, 0) is 44.2 Å².